The standard InChI is InChI=1S/C25H26N2/c1-4-10-21(11-5-1)20-26-24-16-18-27(19-17-24)25(22-12-6-2-7-13-22)23-14-8-3-9-15-23/h1-15,20,24-25H,16-19H2/b26-20+. The van der Waals surface area contributed by atoms with Crippen molar-refractivity contribution in [2.75, 3.05) is 13.1 Å². The van der Waals surface area contributed by atoms with Gasteiger partial charge in [-0.3, -0.25) is 9.89 Å². The van der Waals surface area contributed by atoms with E-state index in [1.54, 1.807) is 0 Å². The second-order valence-corrected chi connectivity index (χ2v) is 7.18. The molecule has 0 radical (unpaired) electrons. The van der Waals surface area contributed by atoms with Gasteiger partial charge in [0.05, 0.1) is 12.1 Å². The van der Waals surface area contributed by atoms with E-state index in [1.165, 1.54) is 16.7 Å². The van der Waals surface area contributed by atoms with Crippen molar-refractivity contribution < 1.29 is 0 Å². The van der Waals surface area contributed by atoms with E-state index in [-0.39, 0.29) is 0 Å². The van der Waals surface area contributed by atoms with Gasteiger partial charge in [0, 0.05) is 19.3 Å². The van der Waals surface area contributed by atoms with Crippen LogP contribution >= 0.6 is 0 Å². The van der Waals surface area contributed by atoms with E-state index >= 15 is 0 Å². The summed E-state index contributed by atoms with van der Waals surface area (Å²) in [5.74, 6) is 0. The Morgan fingerprint density at radius 3 is 1.70 bits per heavy atom. The van der Waals surface area contributed by atoms with E-state index in [0.29, 0.717) is 12.1 Å². The first-order chi connectivity index (χ1) is 13.4. The van der Waals surface area contributed by atoms with Gasteiger partial charge in [0.1, 0.15) is 0 Å². The van der Waals surface area contributed by atoms with Gasteiger partial charge in [-0.25, -0.2) is 0 Å². The molecule has 0 amide bonds. The van der Waals surface area contributed by atoms with Crippen LogP contribution in [-0.2, 0) is 0 Å². The van der Waals surface area contributed by atoms with Gasteiger partial charge < -0.3 is 0 Å². The fraction of sp³-hybridized carbons (Fsp3) is 0.240. The molecule has 27 heavy (non-hydrogen) atoms. The predicted molar refractivity (Wildman–Crippen MR) is 113 cm³/mol. The minimum absolute atomic E-state index is 0.325. The Kier molecular flexibility index (Phi) is 5.76. The molecule has 0 saturated carbocycles. The fourth-order valence-corrected chi connectivity index (χ4v) is 3.91. The van der Waals surface area contributed by atoms with E-state index in [9.17, 15) is 0 Å². The summed E-state index contributed by atoms with van der Waals surface area (Å²) >= 11 is 0. The smallest absolute Gasteiger partial charge is 0.0601 e. The molecule has 0 aromatic heterocycles. The molecule has 3 aromatic rings. The molecular formula is C25H26N2. The monoisotopic (exact) mass is 354 g/mol. The van der Waals surface area contributed by atoms with Crippen LogP contribution in [0.4, 0.5) is 0 Å². The first kappa shape index (κ1) is 17.7. The average Bonchev–Trinajstić information content (AvgIpc) is 2.76. The van der Waals surface area contributed by atoms with Crippen LogP contribution in [0.5, 0.6) is 0 Å². The van der Waals surface area contributed by atoms with Crippen molar-refractivity contribution in [3.63, 3.8) is 0 Å². The van der Waals surface area contributed by atoms with Gasteiger partial charge in [-0.15, -0.1) is 0 Å². The molecule has 3 aromatic carbocycles. The molecule has 2 nitrogen and oxygen atoms in total. The summed E-state index contributed by atoms with van der Waals surface area (Å²) in [6.07, 6.45) is 4.26. The van der Waals surface area contributed by atoms with Gasteiger partial charge in [-0.05, 0) is 29.5 Å². The van der Waals surface area contributed by atoms with Crippen LogP contribution in [0.25, 0.3) is 0 Å². The summed E-state index contributed by atoms with van der Waals surface area (Å²) in [6.45, 7) is 2.15. The molecule has 0 aliphatic carbocycles. The van der Waals surface area contributed by atoms with Crippen LogP contribution in [0.2, 0.25) is 0 Å². The first-order valence-electron chi connectivity index (χ1n) is 9.82. The molecule has 0 atom stereocenters. The zero-order chi connectivity index (χ0) is 18.3. The number of nitrogens with zero attached hydrogens (tertiary/aromatic N) is 2. The number of hydrogen-bond acceptors (Lipinski definition) is 2. The van der Waals surface area contributed by atoms with Gasteiger partial charge in [0.25, 0.3) is 0 Å². The van der Waals surface area contributed by atoms with Gasteiger partial charge in [-0.1, -0.05) is 91.0 Å². The average molecular weight is 354 g/mol. The van der Waals surface area contributed by atoms with E-state index in [1.807, 2.05) is 12.3 Å². The third kappa shape index (κ3) is 4.53. The van der Waals surface area contributed by atoms with Crippen molar-refractivity contribution in [1.29, 1.82) is 0 Å². The number of piperidine rings is 1. The van der Waals surface area contributed by atoms with Crippen molar-refractivity contribution in [2.24, 2.45) is 4.99 Å². The number of rotatable bonds is 5. The molecule has 0 spiro atoms. The lowest BCUT2D eigenvalue weighted by molar-refractivity contribution is 0.175. The second-order valence-electron chi connectivity index (χ2n) is 7.18. The van der Waals surface area contributed by atoms with Crippen molar-refractivity contribution in [3.05, 3.63) is 108 Å². The lowest BCUT2D eigenvalue weighted by Crippen LogP contribution is -2.38. The largest absolute Gasteiger partial charge is 0.292 e. The molecule has 1 saturated heterocycles. The highest BCUT2D eigenvalue weighted by Crippen LogP contribution is 2.31. The van der Waals surface area contributed by atoms with Gasteiger partial charge in [0.2, 0.25) is 0 Å². The van der Waals surface area contributed by atoms with Crippen LogP contribution in [0.1, 0.15) is 35.6 Å². The predicted octanol–water partition coefficient (Wildman–Crippen LogP) is 5.36. The maximum Gasteiger partial charge on any atom is 0.0601 e. The highest BCUT2D eigenvalue weighted by atomic mass is 15.2. The Morgan fingerprint density at radius 2 is 1.19 bits per heavy atom. The van der Waals surface area contributed by atoms with Crippen molar-refractivity contribution in [3.8, 4) is 0 Å². The fourth-order valence-electron chi connectivity index (χ4n) is 3.91. The van der Waals surface area contributed by atoms with E-state index in [0.717, 1.165) is 25.9 Å². The first-order valence-corrected chi connectivity index (χ1v) is 9.82. The van der Waals surface area contributed by atoms with Crippen LogP contribution in [0, 0.1) is 0 Å². The minimum atomic E-state index is 0.325. The maximum atomic E-state index is 4.84. The molecule has 0 unspecified atom stereocenters. The van der Waals surface area contributed by atoms with E-state index < -0.39 is 0 Å². The molecule has 0 N–H and O–H groups in total. The van der Waals surface area contributed by atoms with Crippen LogP contribution < -0.4 is 0 Å². The zero-order valence-corrected chi connectivity index (χ0v) is 15.6. The van der Waals surface area contributed by atoms with Crippen molar-refractivity contribution in [1.82, 2.24) is 4.90 Å². The molecule has 0 bridgehead atoms. The van der Waals surface area contributed by atoms with Crippen LogP contribution in [0.3, 0.4) is 0 Å². The molecular weight excluding hydrogens is 328 g/mol. The maximum absolute atomic E-state index is 4.84. The van der Waals surface area contributed by atoms with Gasteiger partial charge in [0.15, 0.2) is 0 Å². The summed E-state index contributed by atoms with van der Waals surface area (Å²) < 4.78 is 0. The summed E-state index contributed by atoms with van der Waals surface area (Å²) in [7, 11) is 0. The van der Waals surface area contributed by atoms with Crippen molar-refractivity contribution in [2.45, 2.75) is 24.9 Å². The summed E-state index contributed by atoms with van der Waals surface area (Å²) in [5.41, 5.74) is 3.93. The number of hydrogen-bond donors (Lipinski definition) is 0. The molecule has 2 heteroatoms. The normalized spacial score (nSPS) is 16.2. The molecule has 1 fully saturated rings. The Morgan fingerprint density at radius 1 is 0.704 bits per heavy atom. The third-order valence-electron chi connectivity index (χ3n) is 5.33. The Bertz CT molecular complexity index is 796. The van der Waals surface area contributed by atoms with Crippen LogP contribution in [-0.4, -0.2) is 30.2 Å². The highest BCUT2D eigenvalue weighted by molar-refractivity contribution is 5.79. The van der Waals surface area contributed by atoms with Crippen LogP contribution in [0.15, 0.2) is 96.0 Å². The summed E-state index contributed by atoms with van der Waals surface area (Å²) in [6, 6.07) is 32.9. The van der Waals surface area contributed by atoms with Gasteiger partial charge in [-0.2, -0.15) is 0 Å². The summed E-state index contributed by atoms with van der Waals surface area (Å²) in [5, 5.41) is 0. The van der Waals surface area contributed by atoms with E-state index in [2.05, 4.69) is 89.8 Å². The SMILES string of the molecule is C(=N\C1CCN(C(c2ccccc2)c2ccccc2)CC1)/c1ccccc1. The number of benzene rings is 3. The van der Waals surface area contributed by atoms with Crippen molar-refractivity contribution >= 4 is 6.21 Å². The quantitative estimate of drug-likeness (QED) is 0.563. The topological polar surface area (TPSA) is 15.6 Å². The lowest BCUT2D eigenvalue weighted by Gasteiger charge is -2.37. The molecule has 1 aliphatic rings. The van der Waals surface area contributed by atoms with Gasteiger partial charge >= 0.3 is 0 Å². The summed E-state index contributed by atoms with van der Waals surface area (Å²) in [4.78, 5) is 7.45. The number of aliphatic imine (C=N–C) groups is 1. The molecule has 136 valence electrons. The molecule has 1 heterocycles. The lowest BCUT2D eigenvalue weighted by atomic mass is 9.94. The molecule has 4 rings (SSSR count). The van der Waals surface area contributed by atoms with E-state index in [4.69, 9.17) is 4.99 Å². The molecule has 1 aliphatic heterocycles. The third-order valence-corrected chi connectivity index (χ3v) is 5.33. The minimum Gasteiger partial charge on any atom is -0.292 e. The Balaban J connectivity index is 1.47. The Hall–Kier alpha value is -2.71. The second kappa shape index (κ2) is 8.79. The number of likely N-dealkylation sites (tertiary alicyclic amines) is 1. The highest BCUT2D eigenvalue weighted by Gasteiger charge is 2.26. The Labute approximate surface area is 162 Å². The zero-order valence-electron chi connectivity index (χ0n) is 15.6.